The second-order valence-corrected chi connectivity index (χ2v) is 5.98. The summed E-state index contributed by atoms with van der Waals surface area (Å²) in [6.07, 6.45) is 2.08. The third-order valence-electron chi connectivity index (χ3n) is 3.75. The second kappa shape index (κ2) is 7.01. The van der Waals surface area contributed by atoms with E-state index in [2.05, 4.69) is 5.32 Å². The highest BCUT2D eigenvalue weighted by molar-refractivity contribution is 6.32. The molecule has 1 saturated heterocycles. The van der Waals surface area contributed by atoms with E-state index in [1.807, 2.05) is 6.92 Å². The quantitative estimate of drug-likeness (QED) is 0.370. The molecule has 0 atom stereocenters. The predicted octanol–water partition coefficient (Wildman–Crippen LogP) is 3.81. The van der Waals surface area contributed by atoms with Gasteiger partial charge in [-0.1, -0.05) is 18.5 Å². The van der Waals surface area contributed by atoms with Crippen molar-refractivity contribution in [2.45, 2.75) is 13.3 Å². The first kappa shape index (κ1) is 17.7. The first-order valence-corrected chi connectivity index (χ1v) is 8.17. The molecule has 134 valence electrons. The van der Waals surface area contributed by atoms with Crippen LogP contribution in [0.4, 0.5) is 10.5 Å². The Morgan fingerprint density at radius 1 is 1.31 bits per heavy atom. The molecule has 1 aliphatic rings. The van der Waals surface area contributed by atoms with Crippen molar-refractivity contribution in [2.24, 2.45) is 0 Å². The van der Waals surface area contributed by atoms with Crippen LogP contribution in [-0.2, 0) is 4.79 Å². The van der Waals surface area contributed by atoms with Gasteiger partial charge in [-0.25, -0.2) is 4.79 Å². The number of carbonyl (C=O) groups is 2. The number of rotatable bonds is 5. The van der Waals surface area contributed by atoms with Crippen molar-refractivity contribution in [2.75, 3.05) is 6.54 Å². The fraction of sp³-hybridized carbons (Fsp3) is 0.176. The van der Waals surface area contributed by atoms with Gasteiger partial charge in [-0.2, -0.15) is 0 Å². The zero-order valence-electron chi connectivity index (χ0n) is 13.7. The SMILES string of the molecule is CCCN1C(=O)N/C(=C\c2ccc(-c3ccc(Cl)c([N+](=O)[O-])c3)o2)C1=O. The molecule has 0 saturated carbocycles. The highest BCUT2D eigenvalue weighted by atomic mass is 35.5. The Balaban J connectivity index is 1.87. The lowest BCUT2D eigenvalue weighted by Gasteiger charge is -2.08. The minimum Gasteiger partial charge on any atom is -0.457 e. The molecule has 0 unspecified atom stereocenters. The van der Waals surface area contributed by atoms with E-state index in [-0.39, 0.29) is 16.4 Å². The van der Waals surface area contributed by atoms with E-state index in [1.165, 1.54) is 18.2 Å². The van der Waals surface area contributed by atoms with Gasteiger partial charge in [-0.15, -0.1) is 0 Å². The highest BCUT2D eigenvalue weighted by Crippen LogP contribution is 2.31. The van der Waals surface area contributed by atoms with Gasteiger partial charge in [0, 0.05) is 24.3 Å². The number of nitro benzene ring substituents is 1. The number of carbonyl (C=O) groups excluding carboxylic acids is 2. The van der Waals surface area contributed by atoms with Crippen molar-refractivity contribution in [3.05, 3.63) is 56.9 Å². The summed E-state index contributed by atoms with van der Waals surface area (Å²) in [6, 6.07) is 7.07. The summed E-state index contributed by atoms with van der Waals surface area (Å²) in [5.41, 5.74) is 0.362. The van der Waals surface area contributed by atoms with Gasteiger partial charge >= 0.3 is 6.03 Å². The van der Waals surface area contributed by atoms with Gasteiger partial charge in [0.1, 0.15) is 22.2 Å². The molecule has 8 nitrogen and oxygen atoms in total. The lowest BCUT2D eigenvalue weighted by molar-refractivity contribution is -0.384. The van der Waals surface area contributed by atoms with Crippen LogP contribution in [-0.4, -0.2) is 28.3 Å². The standard InChI is InChI=1S/C17H14ClN3O5/c1-2-7-20-16(22)13(19-17(20)23)9-11-4-6-15(26-11)10-3-5-12(18)14(8-10)21(24)25/h3-6,8-9H,2,7H2,1H3,(H,19,23)/b13-9-. The van der Waals surface area contributed by atoms with Gasteiger partial charge in [0.15, 0.2) is 0 Å². The molecule has 1 aromatic heterocycles. The Morgan fingerprint density at radius 2 is 2.08 bits per heavy atom. The number of halogens is 1. The second-order valence-electron chi connectivity index (χ2n) is 5.57. The Morgan fingerprint density at radius 3 is 2.77 bits per heavy atom. The Labute approximate surface area is 153 Å². The smallest absolute Gasteiger partial charge is 0.329 e. The molecule has 0 radical (unpaired) electrons. The van der Waals surface area contributed by atoms with Crippen LogP contribution in [0.25, 0.3) is 17.4 Å². The van der Waals surface area contributed by atoms with Crippen LogP contribution in [0.3, 0.4) is 0 Å². The van der Waals surface area contributed by atoms with Crippen molar-refractivity contribution in [3.8, 4) is 11.3 Å². The van der Waals surface area contributed by atoms with Crippen LogP contribution in [0.2, 0.25) is 5.02 Å². The Kier molecular flexibility index (Phi) is 4.77. The largest absolute Gasteiger partial charge is 0.457 e. The Hall–Kier alpha value is -3.13. The molecule has 3 rings (SSSR count). The molecule has 2 aromatic rings. The zero-order chi connectivity index (χ0) is 18.8. The first-order valence-electron chi connectivity index (χ1n) is 7.79. The summed E-state index contributed by atoms with van der Waals surface area (Å²) in [4.78, 5) is 35.5. The van der Waals surface area contributed by atoms with E-state index in [4.69, 9.17) is 16.0 Å². The average molecular weight is 376 g/mol. The zero-order valence-corrected chi connectivity index (χ0v) is 14.4. The van der Waals surface area contributed by atoms with E-state index >= 15 is 0 Å². The molecule has 1 aliphatic heterocycles. The number of imide groups is 1. The molecule has 0 bridgehead atoms. The van der Waals surface area contributed by atoms with E-state index in [0.717, 1.165) is 4.90 Å². The molecule has 9 heteroatoms. The third kappa shape index (κ3) is 3.31. The average Bonchev–Trinajstić information content (AvgIpc) is 3.16. The fourth-order valence-corrected chi connectivity index (χ4v) is 2.72. The minimum absolute atomic E-state index is 0.0305. The van der Waals surface area contributed by atoms with Crippen LogP contribution in [0.15, 0.2) is 40.4 Å². The number of urea groups is 1. The topological polar surface area (TPSA) is 106 Å². The van der Waals surface area contributed by atoms with Crippen LogP contribution in [0, 0.1) is 10.1 Å². The van der Waals surface area contributed by atoms with E-state index in [9.17, 15) is 19.7 Å². The van der Waals surface area contributed by atoms with Crippen molar-refractivity contribution < 1.29 is 18.9 Å². The van der Waals surface area contributed by atoms with Gasteiger partial charge in [-0.3, -0.25) is 19.8 Å². The van der Waals surface area contributed by atoms with Crippen LogP contribution >= 0.6 is 11.6 Å². The lowest BCUT2D eigenvalue weighted by Crippen LogP contribution is -2.31. The maximum Gasteiger partial charge on any atom is 0.329 e. The fourth-order valence-electron chi connectivity index (χ4n) is 2.53. The molecular formula is C17H14ClN3O5. The predicted molar refractivity (Wildman–Crippen MR) is 94.3 cm³/mol. The van der Waals surface area contributed by atoms with E-state index in [1.54, 1.807) is 18.2 Å². The summed E-state index contributed by atoms with van der Waals surface area (Å²) in [6.45, 7) is 2.20. The minimum atomic E-state index is -0.577. The van der Waals surface area contributed by atoms with Gasteiger partial charge in [0.25, 0.3) is 11.6 Å². The molecule has 1 aromatic carbocycles. The first-order chi connectivity index (χ1) is 12.4. The molecule has 2 heterocycles. The van der Waals surface area contributed by atoms with Crippen molar-refractivity contribution in [1.29, 1.82) is 0 Å². The number of nitrogens with zero attached hydrogens (tertiary/aromatic N) is 2. The number of hydrogen-bond acceptors (Lipinski definition) is 5. The number of amides is 3. The van der Waals surface area contributed by atoms with Crippen molar-refractivity contribution in [3.63, 3.8) is 0 Å². The number of benzene rings is 1. The van der Waals surface area contributed by atoms with Gasteiger partial charge in [0.2, 0.25) is 0 Å². The summed E-state index contributed by atoms with van der Waals surface area (Å²) in [7, 11) is 0. The number of nitro groups is 1. The van der Waals surface area contributed by atoms with E-state index < -0.39 is 16.9 Å². The summed E-state index contributed by atoms with van der Waals surface area (Å²) < 4.78 is 5.62. The molecule has 26 heavy (non-hydrogen) atoms. The normalized spacial score (nSPS) is 15.6. The molecule has 0 aliphatic carbocycles. The summed E-state index contributed by atoms with van der Waals surface area (Å²) >= 11 is 5.80. The number of furan rings is 1. The third-order valence-corrected chi connectivity index (χ3v) is 4.07. The van der Waals surface area contributed by atoms with Crippen molar-refractivity contribution in [1.82, 2.24) is 10.2 Å². The summed E-state index contributed by atoms with van der Waals surface area (Å²) in [5.74, 6) is 0.287. The van der Waals surface area contributed by atoms with Gasteiger partial charge in [-0.05, 0) is 30.7 Å². The number of hydrogen-bond donors (Lipinski definition) is 1. The van der Waals surface area contributed by atoms with E-state index in [0.29, 0.717) is 30.0 Å². The number of nitrogens with one attached hydrogen (secondary N) is 1. The molecule has 0 spiro atoms. The molecule has 1 N–H and O–H groups in total. The maximum atomic E-state index is 12.2. The van der Waals surface area contributed by atoms with Crippen LogP contribution < -0.4 is 5.32 Å². The van der Waals surface area contributed by atoms with Gasteiger partial charge in [0.05, 0.1) is 4.92 Å². The lowest BCUT2D eigenvalue weighted by atomic mass is 10.1. The van der Waals surface area contributed by atoms with Gasteiger partial charge < -0.3 is 9.73 Å². The molecule has 3 amide bonds. The molecule has 1 fully saturated rings. The highest BCUT2D eigenvalue weighted by Gasteiger charge is 2.32. The van der Waals surface area contributed by atoms with Crippen LogP contribution in [0.1, 0.15) is 19.1 Å². The monoisotopic (exact) mass is 375 g/mol. The van der Waals surface area contributed by atoms with Crippen LogP contribution in [0.5, 0.6) is 0 Å². The summed E-state index contributed by atoms with van der Waals surface area (Å²) in [5, 5.41) is 13.5. The van der Waals surface area contributed by atoms with Crippen molar-refractivity contribution >= 4 is 35.3 Å². The maximum absolute atomic E-state index is 12.2. The molecular weight excluding hydrogens is 362 g/mol. The Bertz CT molecular complexity index is 934.